The van der Waals surface area contributed by atoms with E-state index in [0.717, 1.165) is 40.0 Å². The lowest BCUT2D eigenvalue weighted by molar-refractivity contribution is 0.673. The first-order chi connectivity index (χ1) is 13.2. The first-order valence-electron chi connectivity index (χ1n) is 8.86. The van der Waals surface area contributed by atoms with Gasteiger partial charge in [0.25, 0.3) is 0 Å². The van der Waals surface area contributed by atoms with Crippen molar-refractivity contribution in [2.45, 2.75) is 20.0 Å². The largest absolute Gasteiger partial charge is 0.357 e. The molecule has 0 amide bonds. The van der Waals surface area contributed by atoms with E-state index in [1.165, 1.54) is 0 Å². The van der Waals surface area contributed by atoms with Crippen molar-refractivity contribution < 1.29 is 0 Å². The topological polar surface area (TPSA) is 67.1 Å². The van der Waals surface area contributed by atoms with E-state index in [2.05, 4.69) is 32.8 Å². The predicted molar refractivity (Wildman–Crippen MR) is 125 cm³/mol. The fourth-order valence-electron chi connectivity index (χ4n) is 2.72. The van der Waals surface area contributed by atoms with Crippen LogP contribution in [-0.2, 0) is 20.1 Å². The van der Waals surface area contributed by atoms with Gasteiger partial charge in [0.1, 0.15) is 12.2 Å². The Hall–Kier alpha value is -2.13. The van der Waals surface area contributed by atoms with Crippen LogP contribution >= 0.6 is 35.6 Å². The van der Waals surface area contributed by atoms with Crippen LogP contribution in [0.1, 0.15) is 18.3 Å². The number of guanidine groups is 1. The van der Waals surface area contributed by atoms with Gasteiger partial charge in [0, 0.05) is 18.6 Å². The molecule has 0 aliphatic rings. The molecule has 6 nitrogen and oxygen atoms in total. The second kappa shape index (κ2) is 11.0. The zero-order chi connectivity index (χ0) is 19.1. The fraction of sp³-hybridized carbons (Fsp3) is 0.250. The van der Waals surface area contributed by atoms with Gasteiger partial charge in [-0.3, -0.25) is 4.68 Å². The second-order valence-corrected chi connectivity index (χ2v) is 6.45. The van der Waals surface area contributed by atoms with Crippen LogP contribution < -0.4 is 10.6 Å². The summed E-state index contributed by atoms with van der Waals surface area (Å²) in [4.78, 5) is 8.95. The van der Waals surface area contributed by atoms with Crippen LogP contribution in [0.25, 0.3) is 11.1 Å². The maximum atomic E-state index is 6.01. The quantitative estimate of drug-likeness (QED) is 0.299. The van der Waals surface area contributed by atoms with Gasteiger partial charge in [0.15, 0.2) is 5.96 Å². The summed E-state index contributed by atoms with van der Waals surface area (Å²) in [6, 6.07) is 16.1. The third kappa shape index (κ3) is 5.93. The molecule has 0 bridgehead atoms. The number of aliphatic imine (C=N–C) groups is 1. The van der Waals surface area contributed by atoms with Crippen LogP contribution in [0.5, 0.6) is 0 Å². The lowest BCUT2D eigenvalue weighted by Crippen LogP contribution is -2.37. The predicted octanol–water partition coefficient (Wildman–Crippen LogP) is 4.01. The number of hydrogen-bond donors (Lipinski definition) is 2. The number of halogens is 2. The van der Waals surface area contributed by atoms with Crippen LogP contribution in [0, 0.1) is 0 Å². The maximum Gasteiger partial charge on any atom is 0.191 e. The average Bonchev–Trinajstić information content (AvgIpc) is 3.10. The van der Waals surface area contributed by atoms with E-state index in [-0.39, 0.29) is 24.0 Å². The normalized spacial score (nSPS) is 11.0. The number of rotatable bonds is 6. The molecule has 1 aromatic heterocycles. The van der Waals surface area contributed by atoms with Gasteiger partial charge in [-0.2, -0.15) is 5.10 Å². The number of nitrogens with one attached hydrogen (secondary N) is 2. The van der Waals surface area contributed by atoms with E-state index >= 15 is 0 Å². The Kier molecular flexibility index (Phi) is 8.72. The molecule has 8 heteroatoms. The lowest BCUT2D eigenvalue weighted by Gasteiger charge is -2.12. The Balaban J connectivity index is 0.00000280. The molecular weight excluding hydrogens is 487 g/mol. The Labute approximate surface area is 187 Å². The van der Waals surface area contributed by atoms with Crippen molar-refractivity contribution in [2.24, 2.45) is 12.0 Å². The highest BCUT2D eigenvalue weighted by atomic mass is 127. The summed E-state index contributed by atoms with van der Waals surface area (Å²) in [7, 11) is 1.87. The molecule has 0 aliphatic heterocycles. The molecule has 0 radical (unpaired) electrons. The van der Waals surface area contributed by atoms with E-state index in [1.807, 2.05) is 50.4 Å². The monoisotopic (exact) mass is 510 g/mol. The molecule has 0 saturated carbocycles. The molecule has 0 spiro atoms. The van der Waals surface area contributed by atoms with E-state index in [9.17, 15) is 0 Å². The van der Waals surface area contributed by atoms with Gasteiger partial charge < -0.3 is 10.6 Å². The van der Waals surface area contributed by atoms with E-state index < -0.39 is 0 Å². The average molecular weight is 511 g/mol. The molecule has 148 valence electrons. The van der Waals surface area contributed by atoms with Crippen LogP contribution in [0.3, 0.4) is 0 Å². The summed E-state index contributed by atoms with van der Waals surface area (Å²) in [5, 5.41) is 11.4. The number of nitrogens with zero attached hydrogens (tertiary/aromatic N) is 4. The van der Waals surface area contributed by atoms with Gasteiger partial charge in [0.2, 0.25) is 0 Å². The third-order valence-electron chi connectivity index (χ3n) is 4.14. The second-order valence-electron chi connectivity index (χ2n) is 6.01. The van der Waals surface area contributed by atoms with Crippen molar-refractivity contribution >= 4 is 41.5 Å². The van der Waals surface area contributed by atoms with Crippen molar-refractivity contribution in [3.63, 3.8) is 0 Å². The minimum Gasteiger partial charge on any atom is -0.357 e. The third-order valence-corrected chi connectivity index (χ3v) is 4.40. The molecule has 0 atom stereocenters. The molecule has 2 N–H and O–H groups in total. The van der Waals surface area contributed by atoms with Crippen molar-refractivity contribution in [3.05, 3.63) is 71.3 Å². The van der Waals surface area contributed by atoms with Crippen molar-refractivity contribution in [2.75, 3.05) is 6.54 Å². The van der Waals surface area contributed by atoms with Crippen molar-refractivity contribution in [3.8, 4) is 11.1 Å². The highest BCUT2D eigenvalue weighted by molar-refractivity contribution is 14.0. The van der Waals surface area contributed by atoms with Crippen LogP contribution in [0.2, 0.25) is 5.02 Å². The standard InChI is InChI=1S/C20H23ClN6.HI/c1-3-22-20(24-13-19-25-14-26-27(19)2)23-12-16-6-4-5-7-18(16)15-8-10-17(21)11-9-15;/h4-11,14H,3,12-13H2,1-2H3,(H2,22,23,24);1H. The molecule has 28 heavy (non-hydrogen) atoms. The number of hydrogen-bond acceptors (Lipinski definition) is 3. The Morgan fingerprint density at radius 3 is 2.54 bits per heavy atom. The van der Waals surface area contributed by atoms with Crippen LogP contribution in [0.4, 0.5) is 0 Å². The van der Waals surface area contributed by atoms with Crippen LogP contribution in [-0.4, -0.2) is 27.3 Å². The number of aryl methyl sites for hydroxylation is 1. The molecular formula is C20H24ClIN6. The highest BCUT2D eigenvalue weighted by Crippen LogP contribution is 2.25. The van der Waals surface area contributed by atoms with Crippen molar-refractivity contribution in [1.82, 2.24) is 25.4 Å². The van der Waals surface area contributed by atoms with Gasteiger partial charge in [0.05, 0.1) is 13.1 Å². The first-order valence-corrected chi connectivity index (χ1v) is 9.24. The van der Waals surface area contributed by atoms with E-state index in [0.29, 0.717) is 13.1 Å². The van der Waals surface area contributed by atoms with Gasteiger partial charge in [-0.05, 0) is 35.7 Å². The van der Waals surface area contributed by atoms with Gasteiger partial charge >= 0.3 is 0 Å². The summed E-state index contributed by atoms with van der Waals surface area (Å²) in [6.07, 6.45) is 1.55. The summed E-state index contributed by atoms with van der Waals surface area (Å²) < 4.78 is 1.74. The summed E-state index contributed by atoms with van der Waals surface area (Å²) in [6.45, 7) is 3.94. The zero-order valence-electron chi connectivity index (χ0n) is 15.9. The minimum absolute atomic E-state index is 0. The summed E-state index contributed by atoms with van der Waals surface area (Å²) in [5.41, 5.74) is 3.43. The number of benzene rings is 2. The number of aromatic nitrogens is 3. The Bertz CT molecular complexity index is 907. The summed E-state index contributed by atoms with van der Waals surface area (Å²) in [5.74, 6) is 1.59. The van der Waals surface area contributed by atoms with Crippen molar-refractivity contribution in [1.29, 1.82) is 0 Å². The Morgan fingerprint density at radius 2 is 1.86 bits per heavy atom. The smallest absolute Gasteiger partial charge is 0.191 e. The first kappa shape index (κ1) is 22.2. The SMILES string of the molecule is CCNC(=NCc1ccccc1-c1ccc(Cl)cc1)NCc1ncnn1C.I. The van der Waals surface area contributed by atoms with E-state index in [4.69, 9.17) is 16.6 Å². The fourth-order valence-corrected chi connectivity index (χ4v) is 2.84. The maximum absolute atomic E-state index is 6.01. The van der Waals surface area contributed by atoms with Crippen LogP contribution in [0.15, 0.2) is 59.9 Å². The molecule has 0 unspecified atom stereocenters. The van der Waals surface area contributed by atoms with E-state index in [1.54, 1.807) is 11.0 Å². The summed E-state index contributed by atoms with van der Waals surface area (Å²) >= 11 is 6.01. The Morgan fingerprint density at radius 1 is 1.11 bits per heavy atom. The van der Waals surface area contributed by atoms with Gasteiger partial charge in [-0.1, -0.05) is 48.0 Å². The molecule has 0 fully saturated rings. The molecule has 0 aliphatic carbocycles. The van der Waals surface area contributed by atoms with Gasteiger partial charge in [-0.25, -0.2) is 9.98 Å². The lowest BCUT2D eigenvalue weighted by atomic mass is 10.00. The molecule has 3 rings (SSSR count). The highest BCUT2D eigenvalue weighted by Gasteiger charge is 2.06. The minimum atomic E-state index is 0. The molecule has 0 saturated heterocycles. The zero-order valence-corrected chi connectivity index (χ0v) is 19.0. The van der Waals surface area contributed by atoms with Gasteiger partial charge in [-0.15, -0.1) is 24.0 Å². The molecule has 2 aromatic carbocycles. The molecule has 1 heterocycles. The molecule has 3 aromatic rings.